The van der Waals surface area contributed by atoms with E-state index in [1.165, 1.54) is 5.56 Å². The second-order valence-corrected chi connectivity index (χ2v) is 4.52. The van der Waals surface area contributed by atoms with E-state index < -0.39 is 0 Å². The number of nitrogens with zero attached hydrogens (tertiary/aromatic N) is 2. The number of aromatic nitrogens is 1. The molecule has 0 saturated carbocycles. The summed E-state index contributed by atoms with van der Waals surface area (Å²) in [7, 11) is 2.07. The first-order valence-corrected chi connectivity index (χ1v) is 5.34. The van der Waals surface area contributed by atoms with Gasteiger partial charge in [0.05, 0.1) is 0 Å². The first-order chi connectivity index (χ1) is 6.61. The van der Waals surface area contributed by atoms with Crippen molar-refractivity contribution in [2.75, 3.05) is 13.6 Å². The fourth-order valence-electron chi connectivity index (χ4n) is 1.29. The van der Waals surface area contributed by atoms with E-state index >= 15 is 0 Å². The van der Waals surface area contributed by atoms with Gasteiger partial charge in [-0.3, -0.25) is 9.88 Å². The summed E-state index contributed by atoms with van der Waals surface area (Å²) in [5.41, 5.74) is 1.23. The van der Waals surface area contributed by atoms with Crippen LogP contribution in [0.2, 0.25) is 0 Å². The van der Waals surface area contributed by atoms with E-state index in [0.717, 1.165) is 11.0 Å². The zero-order valence-corrected chi connectivity index (χ0v) is 10.2. The van der Waals surface area contributed by atoms with Crippen LogP contribution >= 0.6 is 15.9 Å². The van der Waals surface area contributed by atoms with Crippen LogP contribution < -0.4 is 0 Å². The normalized spacial score (nSPS) is 12.9. The average molecular weight is 255 g/mol. The van der Waals surface area contributed by atoms with Crippen LogP contribution in [0.3, 0.4) is 0 Å². The van der Waals surface area contributed by atoms with Gasteiger partial charge < -0.3 is 0 Å². The van der Waals surface area contributed by atoms with Crippen LogP contribution in [0, 0.1) is 0 Å². The zero-order chi connectivity index (χ0) is 10.6. The molecule has 0 radical (unpaired) electrons. The van der Waals surface area contributed by atoms with Gasteiger partial charge >= 0.3 is 0 Å². The van der Waals surface area contributed by atoms with Gasteiger partial charge in [0.2, 0.25) is 0 Å². The number of likely N-dealkylation sites (N-methyl/N-ethyl adjacent to an activating group) is 1. The maximum absolute atomic E-state index is 4.11. The third-order valence-electron chi connectivity index (χ3n) is 2.25. The van der Waals surface area contributed by atoms with E-state index in [0.29, 0.717) is 6.04 Å². The van der Waals surface area contributed by atoms with Crippen LogP contribution in [-0.2, 0) is 0 Å². The highest BCUT2D eigenvalue weighted by atomic mass is 79.9. The molecule has 0 N–H and O–H groups in total. The second kappa shape index (κ2) is 5.27. The number of pyridine rings is 1. The lowest BCUT2D eigenvalue weighted by atomic mass is 10.1. The minimum absolute atomic E-state index is 0.359. The molecule has 3 heteroatoms. The van der Waals surface area contributed by atoms with Crippen molar-refractivity contribution in [1.82, 2.24) is 9.88 Å². The van der Waals surface area contributed by atoms with E-state index in [-0.39, 0.29) is 0 Å². The minimum atomic E-state index is 0.359. The second-order valence-electron chi connectivity index (χ2n) is 3.39. The molecular formula is C11H15BrN2. The van der Waals surface area contributed by atoms with E-state index in [9.17, 15) is 0 Å². The summed E-state index contributed by atoms with van der Waals surface area (Å²) in [6.07, 6.45) is 3.69. The molecule has 0 aliphatic rings. The standard InChI is InChI=1S/C11H15BrN2/c1-9(12)8-14(3)10(2)11-5-4-6-13-7-11/h4-7,10H,1,8H2,2-3H3. The van der Waals surface area contributed by atoms with Gasteiger partial charge in [-0.1, -0.05) is 28.6 Å². The highest BCUT2D eigenvalue weighted by Crippen LogP contribution is 2.18. The Hall–Kier alpha value is -0.670. The summed E-state index contributed by atoms with van der Waals surface area (Å²) >= 11 is 3.36. The SMILES string of the molecule is C=C(Br)CN(C)C(C)c1cccnc1. The summed E-state index contributed by atoms with van der Waals surface area (Å²) in [4.78, 5) is 6.32. The molecule has 0 aromatic carbocycles. The van der Waals surface area contributed by atoms with Gasteiger partial charge in [0.1, 0.15) is 0 Å². The molecule has 76 valence electrons. The van der Waals surface area contributed by atoms with Gasteiger partial charge in [-0.05, 0) is 25.6 Å². The Bertz CT molecular complexity index is 297. The quantitative estimate of drug-likeness (QED) is 0.822. The molecule has 1 atom stereocenters. The summed E-state index contributed by atoms with van der Waals surface area (Å²) in [5.74, 6) is 0. The fourth-order valence-corrected chi connectivity index (χ4v) is 1.68. The van der Waals surface area contributed by atoms with Crippen molar-refractivity contribution >= 4 is 15.9 Å². The first kappa shape index (κ1) is 11.4. The maximum Gasteiger partial charge on any atom is 0.0335 e. The van der Waals surface area contributed by atoms with E-state index in [1.54, 1.807) is 6.20 Å². The lowest BCUT2D eigenvalue weighted by molar-refractivity contribution is 0.288. The van der Waals surface area contributed by atoms with E-state index in [1.807, 2.05) is 12.3 Å². The molecule has 0 aliphatic carbocycles. The molecule has 1 unspecified atom stereocenters. The molecule has 0 saturated heterocycles. The highest BCUT2D eigenvalue weighted by molar-refractivity contribution is 9.11. The zero-order valence-electron chi connectivity index (χ0n) is 8.57. The number of halogens is 1. The Kier molecular flexibility index (Phi) is 4.29. The van der Waals surface area contributed by atoms with Crippen molar-refractivity contribution in [3.8, 4) is 0 Å². The van der Waals surface area contributed by atoms with Crippen LogP contribution in [-0.4, -0.2) is 23.5 Å². The predicted molar refractivity (Wildman–Crippen MR) is 63.3 cm³/mol. The third kappa shape index (κ3) is 3.24. The van der Waals surface area contributed by atoms with Crippen LogP contribution in [0.15, 0.2) is 35.6 Å². The molecule has 0 amide bonds. The largest absolute Gasteiger partial charge is 0.295 e. The Labute approximate surface area is 93.8 Å². The van der Waals surface area contributed by atoms with Gasteiger partial charge in [0.15, 0.2) is 0 Å². The third-order valence-corrected chi connectivity index (χ3v) is 2.50. The molecule has 14 heavy (non-hydrogen) atoms. The van der Waals surface area contributed by atoms with Crippen molar-refractivity contribution in [2.24, 2.45) is 0 Å². The number of hydrogen-bond donors (Lipinski definition) is 0. The Morgan fingerprint density at radius 2 is 2.43 bits per heavy atom. The van der Waals surface area contributed by atoms with Crippen LogP contribution in [0.1, 0.15) is 18.5 Å². The summed E-state index contributed by atoms with van der Waals surface area (Å²) < 4.78 is 0.996. The molecule has 0 fully saturated rings. The smallest absolute Gasteiger partial charge is 0.0335 e. The van der Waals surface area contributed by atoms with Gasteiger partial charge in [0.25, 0.3) is 0 Å². The van der Waals surface area contributed by atoms with Crippen LogP contribution in [0.5, 0.6) is 0 Å². The Balaban J connectivity index is 2.65. The molecule has 1 aromatic rings. The minimum Gasteiger partial charge on any atom is -0.295 e. The lowest BCUT2D eigenvalue weighted by Gasteiger charge is -2.24. The lowest BCUT2D eigenvalue weighted by Crippen LogP contribution is -2.23. The molecular weight excluding hydrogens is 240 g/mol. The topological polar surface area (TPSA) is 16.1 Å². The molecule has 0 aliphatic heterocycles. The maximum atomic E-state index is 4.11. The number of hydrogen-bond acceptors (Lipinski definition) is 2. The molecule has 1 rings (SSSR count). The predicted octanol–water partition coefficient (Wildman–Crippen LogP) is 2.98. The van der Waals surface area contributed by atoms with Crippen LogP contribution in [0.25, 0.3) is 0 Å². The van der Waals surface area contributed by atoms with Gasteiger partial charge in [-0.2, -0.15) is 0 Å². The van der Waals surface area contributed by atoms with Crippen molar-refractivity contribution in [3.63, 3.8) is 0 Å². The highest BCUT2D eigenvalue weighted by Gasteiger charge is 2.11. The van der Waals surface area contributed by atoms with Crippen molar-refractivity contribution in [2.45, 2.75) is 13.0 Å². The van der Waals surface area contributed by atoms with Crippen LogP contribution in [0.4, 0.5) is 0 Å². The van der Waals surface area contributed by atoms with Crippen molar-refractivity contribution in [3.05, 3.63) is 41.2 Å². The summed E-state index contributed by atoms with van der Waals surface area (Å²) in [5, 5.41) is 0. The molecule has 1 aromatic heterocycles. The van der Waals surface area contributed by atoms with Crippen molar-refractivity contribution in [1.29, 1.82) is 0 Å². The van der Waals surface area contributed by atoms with E-state index in [4.69, 9.17) is 0 Å². The molecule has 0 bridgehead atoms. The molecule has 0 spiro atoms. The average Bonchev–Trinajstić information content (AvgIpc) is 2.17. The van der Waals surface area contributed by atoms with Gasteiger partial charge in [0, 0.05) is 29.5 Å². The Morgan fingerprint density at radius 3 is 2.93 bits per heavy atom. The van der Waals surface area contributed by atoms with Gasteiger partial charge in [-0.15, -0.1) is 0 Å². The Morgan fingerprint density at radius 1 is 1.71 bits per heavy atom. The summed E-state index contributed by atoms with van der Waals surface area (Å²) in [6.45, 7) is 6.83. The molecule has 1 heterocycles. The molecule has 2 nitrogen and oxygen atoms in total. The monoisotopic (exact) mass is 254 g/mol. The number of rotatable bonds is 4. The van der Waals surface area contributed by atoms with Crippen molar-refractivity contribution < 1.29 is 0 Å². The van der Waals surface area contributed by atoms with Gasteiger partial charge in [-0.25, -0.2) is 0 Å². The fraction of sp³-hybridized carbons (Fsp3) is 0.364. The first-order valence-electron chi connectivity index (χ1n) is 4.54. The summed E-state index contributed by atoms with van der Waals surface area (Å²) in [6, 6.07) is 4.41. The van der Waals surface area contributed by atoms with E-state index in [2.05, 4.69) is 52.4 Å².